The maximum absolute atomic E-state index is 12.9. The summed E-state index contributed by atoms with van der Waals surface area (Å²) in [5, 5.41) is 5.69. The van der Waals surface area contributed by atoms with Crippen LogP contribution in [0.1, 0.15) is 40.6 Å². The number of rotatable bonds is 5. The fourth-order valence-corrected chi connectivity index (χ4v) is 4.29. The molecule has 0 fully saturated rings. The number of carbonyl (C=O) groups excluding carboxylic acids is 3. The normalized spacial score (nSPS) is 12.8. The van der Waals surface area contributed by atoms with Crippen LogP contribution in [0.25, 0.3) is 0 Å². The number of halogens is 1. The highest BCUT2D eigenvalue weighted by atomic mass is 32.1. The molecule has 0 bridgehead atoms. The lowest BCUT2D eigenvalue weighted by atomic mass is 9.95. The zero-order chi connectivity index (χ0) is 19.4. The Morgan fingerprint density at radius 2 is 1.81 bits per heavy atom. The molecule has 6 nitrogen and oxygen atoms in total. The van der Waals surface area contributed by atoms with Crippen molar-refractivity contribution in [3.63, 3.8) is 0 Å². The third-order valence-electron chi connectivity index (χ3n) is 4.13. The quantitative estimate of drug-likeness (QED) is 0.765. The summed E-state index contributed by atoms with van der Waals surface area (Å²) < 4.78 is 18.1. The van der Waals surface area contributed by atoms with Crippen LogP contribution in [0.2, 0.25) is 0 Å². The van der Waals surface area contributed by atoms with Crippen molar-refractivity contribution < 1.29 is 23.5 Å². The Hall–Kier alpha value is -2.74. The van der Waals surface area contributed by atoms with Gasteiger partial charge in [0.15, 0.2) is 6.61 Å². The molecule has 0 saturated carbocycles. The van der Waals surface area contributed by atoms with E-state index in [4.69, 9.17) is 4.74 Å². The first kappa shape index (κ1) is 19.0. The fourth-order valence-electron chi connectivity index (χ4n) is 2.96. The number of esters is 1. The molecule has 0 aliphatic heterocycles. The number of fused-ring (bicyclic) bond motifs is 1. The van der Waals surface area contributed by atoms with E-state index in [-0.39, 0.29) is 5.91 Å². The van der Waals surface area contributed by atoms with Crippen LogP contribution in [0.15, 0.2) is 24.3 Å². The summed E-state index contributed by atoms with van der Waals surface area (Å²) >= 11 is 1.39. The highest BCUT2D eigenvalue weighted by Crippen LogP contribution is 2.38. The SMILES string of the molecule is CC(=O)Nc1sc2c(c1C(=O)OCC(=O)Nc1ccc(F)cc1)CCCC2. The second kappa shape index (κ2) is 8.30. The highest BCUT2D eigenvalue weighted by molar-refractivity contribution is 7.17. The Balaban J connectivity index is 1.68. The molecule has 0 radical (unpaired) electrons. The fraction of sp³-hybridized carbons (Fsp3) is 0.316. The van der Waals surface area contributed by atoms with Crippen molar-refractivity contribution in [3.05, 3.63) is 46.1 Å². The Morgan fingerprint density at radius 1 is 1.11 bits per heavy atom. The van der Waals surface area contributed by atoms with Crippen molar-refractivity contribution in [1.82, 2.24) is 0 Å². The van der Waals surface area contributed by atoms with Crippen LogP contribution in [0, 0.1) is 5.82 Å². The molecule has 142 valence electrons. The Kier molecular flexibility index (Phi) is 5.85. The smallest absolute Gasteiger partial charge is 0.341 e. The molecule has 2 aromatic rings. The summed E-state index contributed by atoms with van der Waals surface area (Å²) in [4.78, 5) is 37.1. The Labute approximate surface area is 159 Å². The molecule has 0 spiro atoms. The maximum atomic E-state index is 12.9. The third kappa shape index (κ3) is 4.71. The van der Waals surface area contributed by atoms with Crippen molar-refractivity contribution in [2.45, 2.75) is 32.6 Å². The molecule has 1 heterocycles. The van der Waals surface area contributed by atoms with Gasteiger partial charge in [0.1, 0.15) is 10.8 Å². The van der Waals surface area contributed by atoms with E-state index in [9.17, 15) is 18.8 Å². The van der Waals surface area contributed by atoms with Gasteiger partial charge in [-0.05, 0) is 55.5 Å². The van der Waals surface area contributed by atoms with E-state index in [0.717, 1.165) is 36.1 Å². The van der Waals surface area contributed by atoms with Gasteiger partial charge in [0.25, 0.3) is 5.91 Å². The monoisotopic (exact) mass is 390 g/mol. The van der Waals surface area contributed by atoms with Gasteiger partial charge in [-0.3, -0.25) is 9.59 Å². The van der Waals surface area contributed by atoms with Crippen molar-refractivity contribution >= 4 is 39.8 Å². The van der Waals surface area contributed by atoms with Crippen LogP contribution in [0.3, 0.4) is 0 Å². The number of carbonyl (C=O) groups is 3. The third-order valence-corrected chi connectivity index (χ3v) is 5.33. The molecule has 1 aliphatic carbocycles. The number of hydrogen-bond acceptors (Lipinski definition) is 5. The van der Waals surface area contributed by atoms with Gasteiger partial charge in [0, 0.05) is 17.5 Å². The van der Waals surface area contributed by atoms with E-state index in [1.807, 2.05) is 0 Å². The molecule has 1 aliphatic rings. The molecule has 3 rings (SSSR count). The summed E-state index contributed by atoms with van der Waals surface area (Å²) in [5.74, 6) is -1.84. The first-order valence-electron chi connectivity index (χ1n) is 8.58. The first-order valence-corrected chi connectivity index (χ1v) is 9.40. The van der Waals surface area contributed by atoms with Crippen LogP contribution in [0.4, 0.5) is 15.1 Å². The molecule has 8 heteroatoms. The minimum absolute atomic E-state index is 0.267. The number of ether oxygens (including phenoxy) is 1. The number of benzene rings is 1. The molecule has 27 heavy (non-hydrogen) atoms. The number of anilines is 2. The Bertz CT molecular complexity index is 877. The lowest BCUT2D eigenvalue weighted by molar-refractivity contribution is -0.119. The second-order valence-electron chi connectivity index (χ2n) is 6.23. The largest absolute Gasteiger partial charge is 0.452 e. The van der Waals surface area contributed by atoms with E-state index in [1.165, 1.54) is 42.5 Å². The summed E-state index contributed by atoms with van der Waals surface area (Å²) in [6, 6.07) is 5.27. The molecular weight excluding hydrogens is 371 g/mol. The Morgan fingerprint density at radius 3 is 2.52 bits per heavy atom. The molecule has 0 atom stereocenters. The van der Waals surface area contributed by atoms with Gasteiger partial charge in [0.2, 0.25) is 5.91 Å². The summed E-state index contributed by atoms with van der Waals surface area (Å²) in [5.41, 5.74) is 1.66. The van der Waals surface area contributed by atoms with Crippen LogP contribution >= 0.6 is 11.3 Å². The molecule has 1 aromatic carbocycles. The van der Waals surface area contributed by atoms with E-state index in [2.05, 4.69) is 10.6 Å². The topological polar surface area (TPSA) is 84.5 Å². The predicted molar refractivity (Wildman–Crippen MR) is 101 cm³/mol. The van der Waals surface area contributed by atoms with Crippen LogP contribution < -0.4 is 10.6 Å². The minimum Gasteiger partial charge on any atom is -0.452 e. The van der Waals surface area contributed by atoms with Crippen molar-refractivity contribution in [2.75, 3.05) is 17.2 Å². The number of thiophene rings is 1. The molecular formula is C19H19FN2O4S. The average molecular weight is 390 g/mol. The van der Waals surface area contributed by atoms with Gasteiger partial charge < -0.3 is 15.4 Å². The average Bonchev–Trinajstić information content (AvgIpc) is 2.98. The van der Waals surface area contributed by atoms with Gasteiger partial charge in [0.05, 0.1) is 5.56 Å². The molecule has 2 amide bonds. The molecule has 2 N–H and O–H groups in total. The predicted octanol–water partition coefficient (Wildman–Crippen LogP) is 3.52. The minimum atomic E-state index is -0.632. The van der Waals surface area contributed by atoms with Gasteiger partial charge >= 0.3 is 5.97 Å². The number of nitrogens with one attached hydrogen (secondary N) is 2. The van der Waals surface area contributed by atoms with Gasteiger partial charge in [-0.15, -0.1) is 11.3 Å². The number of aryl methyl sites for hydroxylation is 1. The highest BCUT2D eigenvalue weighted by Gasteiger charge is 2.27. The standard InChI is InChI=1S/C19H19FN2O4S/c1-11(23)21-18-17(14-4-2-3-5-15(14)27-18)19(25)26-10-16(24)22-13-8-6-12(20)7-9-13/h6-9H,2-5,10H2,1H3,(H,21,23)(H,22,24). The van der Waals surface area contributed by atoms with Crippen molar-refractivity contribution in [3.8, 4) is 0 Å². The van der Waals surface area contributed by atoms with Crippen LogP contribution in [0.5, 0.6) is 0 Å². The second-order valence-corrected chi connectivity index (χ2v) is 7.33. The lowest BCUT2D eigenvalue weighted by Crippen LogP contribution is -2.22. The number of amides is 2. The van der Waals surface area contributed by atoms with Crippen LogP contribution in [-0.2, 0) is 27.2 Å². The van der Waals surface area contributed by atoms with E-state index < -0.39 is 24.3 Å². The van der Waals surface area contributed by atoms with Gasteiger partial charge in [-0.25, -0.2) is 9.18 Å². The molecule has 0 unspecified atom stereocenters. The summed E-state index contributed by atoms with van der Waals surface area (Å²) in [6.07, 6.45) is 3.62. The van der Waals surface area contributed by atoms with E-state index in [0.29, 0.717) is 16.3 Å². The van der Waals surface area contributed by atoms with Gasteiger partial charge in [-0.1, -0.05) is 0 Å². The lowest BCUT2D eigenvalue weighted by Gasteiger charge is -2.12. The van der Waals surface area contributed by atoms with Gasteiger partial charge in [-0.2, -0.15) is 0 Å². The van der Waals surface area contributed by atoms with Crippen molar-refractivity contribution in [2.24, 2.45) is 0 Å². The van der Waals surface area contributed by atoms with Crippen molar-refractivity contribution in [1.29, 1.82) is 0 Å². The summed E-state index contributed by atoms with van der Waals surface area (Å²) in [7, 11) is 0. The summed E-state index contributed by atoms with van der Waals surface area (Å²) in [6.45, 7) is 0.907. The van der Waals surface area contributed by atoms with Crippen LogP contribution in [-0.4, -0.2) is 24.4 Å². The molecule has 1 aromatic heterocycles. The maximum Gasteiger partial charge on any atom is 0.341 e. The first-order chi connectivity index (χ1) is 12.9. The zero-order valence-corrected chi connectivity index (χ0v) is 15.6. The van der Waals surface area contributed by atoms with E-state index in [1.54, 1.807) is 0 Å². The molecule has 0 saturated heterocycles. The zero-order valence-electron chi connectivity index (χ0n) is 14.8. The number of hydrogen-bond donors (Lipinski definition) is 2. The van der Waals surface area contributed by atoms with E-state index >= 15 is 0 Å².